The van der Waals surface area contributed by atoms with E-state index in [1.165, 1.54) is 24.1 Å². The van der Waals surface area contributed by atoms with Crippen LogP contribution in [0, 0.1) is 19.8 Å². The van der Waals surface area contributed by atoms with E-state index in [4.69, 9.17) is 11.6 Å². The molecular weight excluding hydrogens is 220 g/mol. The van der Waals surface area contributed by atoms with Gasteiger partial charge in [-0.1, -0.05) is 20.3 Å². The van der Waals surface area contributed by atoms with E-state index in [1.54, 1.807) is 0 Å². The van der Waals surface area contributed by atoms with E-state index in [0.717, 1.165) is 12.2 Å². The number of alkyl halides is 1. The highest BCUT2D eigenvalue weighted by atomic mass is 35.5. The Hall–Kier alpha value is -0.500. The number of halogens is 1. The smallest absolute Gasteiger partial charge is 0.0643 e. The van der Waals surface area contributed by atoms with Crippen LogP contribution in [0.1, 0.15) is 55.9 Å². The summed E-state index contributed by atoms with van der Waals surface area (Å²) in [7, 11) is 0. The predicted octanol–water partition coefficient (Wildman–Crippen LogP) is 4.24. The summed E-state index contributed by atoms with van der Waals surface area (Å²) in [6.07, 6.45) is 2.49. The molecule has 16 heavy (non-hydrogen) atoms. The highest BCUT2D eigenvalue weighted by molar-refractivity contribution is 6.20. The molecule has 0 bridgehead atoms. The Morgan fingerprint density at radius 1 is 1.31 bits per heavy atom. The molecule has 0 aromatic carbocycles. The van der Waals surface area contributed by atoms with Crippen molar-refractivity contribution < 1.29 is 0 Å². The predicted molar refractivity (Wildman–Crippen MR) is 70.0 cm³/mol. The molecular formula is C13H23ClN2. The molecule has 1 aromatic heterocycles. The average molecular weight is 243 g/mol. The van der Waals surface area contributed by atoms with Gasteiger partial charge in [0.25, 0.3) is 0 Å². The topological polar surface area (TPSA) is 17.8 Å². The van der Waals surface area contributed by atoms with Crippen molar-refractivity contribution in [3.05, 3.63) is 17.0 Å². The summed E-state index contributed by atoms with van der Waals surface area (Å²) in [4.78, 5) is 0. The third-order valence-corrected chi connectivity index (χ3v) is 3.32. The molecule has 3 heteroatoms. The Morgan fingerprint density at radius 2 is 1.94 bits per heavy atom. The van der Waals surface area contributed by atoms with E-state index in [0.29, 0.717) is 5.92 Å². The highest BCUT2D eigenvalue weighted by Crippen LogP contribution is 2.26. The molecule has 1 rings (SSSR count). The van der Waals surface area contributed by atoms with E-state index in [-0.39, 0.29) is 5.38 Å². The van der Waals surface area contributed by atoms with Crippen LogP contribution in [0.4, 0.5) is 0 Å². The van der Waals surface area contributed by atoms with Crippen LogP contribution in [-0.4, -0.2) is 9.78 Å². The quantitative estimate of drug-likeness (QED) is 0.707. The molecule has 0 aliphatic carbocycles. The van der Waals surface area contributed by atoms with E-state index < -0.39 is 0 Å². The molecule has 2 unspecified atom stereocenters. The summed E-state index contributed by atoms with van der Waals surface area (Å²) in [6, 6.07) is 0. The number of hydrogen-bond donors (Lipinski definition) is 0. The summed E-state index contributed by atoms with van der Waals surface area (Å²) < 4.78 is 2.11. The zero-order valence-electron chi connectivity index (χ0n) is 11.0. The minimum atomic E-state index is 0.0511. The van der Waals surface area contributed by atoms with Crippen molar-refractivity contribution in [2.75, 3.05) is 0 Å². The first kappa shape index (κ1) is 13.6. The van der Waals surface area contributed by atoms with Gasteiger partial charge in [-0.2, -0.15) is 5.10 Å². The van der Waals surface area contributed by atoms with Gasteiger partial charge in [-0.15, -0.1) is 11.6 Å². The number of aromatic nitrogens is 2. The maximum absolute atomic E-state index is 6.17. The second-order valence-corrected chi connectivity index (χ2v) is 5.43. The maximum atomic E-state index is 6.17. The fourth-order valence-electron chi connectivity index (χ4n) is 2.34. The molecule has 92 valence electrons. The molecule has 0 fully saturated rings. The van der Waals surface area contributed by atoms with E-state index in [1.807, 2.05) is 13.8 Å². The maximum Gasteiger partial charge on any atom is 0.0643 e. The lowest BCUT2D eigenvalue weighted by Crippen LogP contribution is -2.10. The van der Waals surface area contributed by atoms with Gasteiger partial charge in [0.05, 0.1) is 11.1 Å². The standard InChI is InChI=1S/C13H23ClN2/c1-6-7-9(2)8-16-12(5)13(10(3)14)11(4)15-16/h9-10H,6-8H2,1-5H3. The molecule has 0 saturated carbocycles. The van der Waals surface area contributed by atoms with Crippen LogP contribution >= 0.6 is 11.6 Å². The van der Waals surface area contributed by atoms with E-state index >= 15 is 0 Å². The van der Waals surface area contributed by atoms with Crippen LogP contribution in [0.25, 0.3) is 0 Å². The minimum Gasteiger partial charge on any atom is -0.269 e. The van der Waals surface area contributed by atoms with Crippen LogP contribution in [0.3, 0.4) is 0 Å². The zero-order chi connectivity index (χ0) is 12.3. The third kappa shape index (κ3) is 3.00. The molecule has 0 N–H and O–H groups in total. The van der Waals surface area contributed by atoms with Crippen LogP contribution in [0.2, 0.25) is 0 Å². The first-order valence-electron chi connectivity index (χ1n) is 6.15. The van der Waals surface area contributed by atoms with Crippen LogP contribution in [-0.2, 0) is 6.54 Å². The molecule has 1 aromatic rings. The normalized spacial score (nSPS) is 15.1. The zero-order valence-corrected chi connectivity index (χ0v) is 11.8. The van der Waals surface area contributed by atoms with Gasteiger partial charge >= 0.3 is 0 Å². The lowest BCUT2D eigenvalue weighted by molar-refractivity contribution is 0.414. The molecule has 0 saturated heterocycles. The highest BCUT2D eigenvalue weighted by Gasteiger charge is 2.16. The van der Waals surface area contributed by atoms with Crippen LogP contribution < -0.4 is 0 Å². The van der Waals surface area contributed by atoms with Gasteiger partial charge in [-0.05, 0) is 33.1 Å². The van der Waals surface area contributed by atoms with Gasteiger partial charge in [0.1, 0.15) is 0 Å². The average Bonchev–Trinajstić information content (AvgIpc) is 2.42. The lowest BCUT2D eigenvalue weighted by Gasteiger charge is -2.12. The lowest BCUT2D eigenvalue weighted by atomic mass is 10.1. The van der Waals surface area contributed by atoms with Crippen molar-refractivity contribution in [1.82, 2.24) is 9.78 Å². The minimum absolute atomic E-state index is 0.0511. The summed E-state index contributed by atoms with van der Waals surface area (Å²) in [5.74, 6) is 0.682. The van der Waals surface area contributed by atoms with Gasteiger partial charge in [0, 0.05) is 17.8 Å². The summed E-state index contributed by atoms with van der Waals surface area (Å²) >= 11 is 6.17. The second kappa shape index (κ2) is 5.72. The SMILES string of the molecule is CCCC(C)Cn1nc(C)c(C(C)Cl)c1C. The largest absolute Gasteiger partial charge is 0.269 e. The van der Waals surface area contributed by atoms with Crippen molar-refractivity contribution >= 4 is 11.6 Å². The first-order valence-corrected chi connectivity index (χ1v) is 6.59. The molecule has 0 radical (unpaired) electrons. The number of aryl methyl sites for hydroxylation is 1. The molecule has 2 atom stereocenters. The van der Waals surface area contributed by atoms with E-state index in [9.17, 15) is 0 Å². The van der Waals surface area contributed by atoms with Crippen molar-refractivity contribution in [3.63, 3.8) is 0 Å². The Morgan fingerprint density at radius 3 is 2.38 bits per heavy atom. The summed E-state index contributed by atoms with van der Waals surface area (Å²) in [5, 5.41) is 4.64. The van der Waals surface area contributed by atoms with Crippen LogP contribution in [0.15, 0.2) is 0 Å². The third-order valence-electron chi connectivity index (χ3n) is 3.10. The van der Waals surface area contributed by atoms with Gasteiger partial charge in [-0.3, -0.25) is 4.68 Å². The van der Waals surface area contributed by atoms with Gasteiger partial charge in [0.2, 0.25) is 0 Å². The van der Waals surface area contributed by atoms with Crippen molar-refractivity contribution in [2.24, 2.45) is 5.92 Å². The number of nitrogens with zero attached hydrogens (tertiary/aromatic N) is 2. The number of hydrogen-bond acceptors (Lipinski definition) is 1. The molecule has 0 aliphatic heterocycles. The molecule has 2 nitrogen and oxygen atoms in total. The van der Waals surface area contributed by atoms with Crippen molar-refractivity contribution in [2.45, 2.75) is 59.4 Å². The van der Waals surface area contributed by atoms with Crippen LogP contribution in [0.5, 0.6) is 0 Å². The number of rotatable bonds is 5. The fraction of sp³-hybridized carbons (Fsp3) is 0.769. The molecule has 1 heterocycles. The van der Waals surface area contributed by atoms with E-state index in [2.05, 4.69) is 30.6 Å². The second-order valence-electron chi connectivity index (χ2n) is 4.78. The summed E-state index contributed by atoms with van der Waals surface area (Å²) in [5.41, 5.74) is 3.50. The van der Waals surface area contributed by atoms with Gasteiger partial charge in [0.15, 0.2) is 0 Å². The molecule has 0 aliphatic rings. The molecule has 0 spiro atoms. The Labute approximate surface area is 104 Å². The Bertz CT molecular complexity index is 342. The Balaban J connectivity index is 2.86. The first-order chi connectivity index (χ1) is 7.47. The van der Waals surface area contributed by atoms with Crippen molar-refractivity contribution in [3.8, 4) is 0 Å². The fourth-order valence-corrected chi connectivity index (χ4v) is 2.66. The molecule has 0 amide bonds. The Kier molecular flexibility index (Phi) is 4.85. The monoisotopic (exact) mass is 242 g/mol. The van der Waals surface area contributed by atoms with Crippen molar-refractivity contribution in [1.29, 1.82) is 0 Å². The summed E-state index contributed by atoms with van der Waals surface area (Å²) in [6.45, 7) is 11.7. The van der Waals surface area contributed by atoms with Gasteiger partial charge in [-0.25, -0.2) is 0 Å². The van der Waals surface area contributed by atoms with Gasteiger partial charge < -0.3 is 0 Å².